The van der Waals surface area contributed by atoms with Gasteiger partial charge in [0, 0.05) is 19.3 Å². The molecule has 0 aromatic heterocycles. The first-order valence-corrected chi connectivity index (χ1v) is 27.0. The van der Waals surface area contributed by atoms with Gasteiger partial charge in [-0.3, -0.25) is 14.4 Å². The molecule has 0 rings (SSSR count). The summed E-state index contributed by atoms with van der Waals surface area (Å²) in [7, 11) is 0. The molecule has 1 unspecified atom stereocenters. The zero-order valence-corrected chi connectivity index (χ0v) is 43.1. The summed E-state index contributed by atoms with van der Waals surface area (Å²) in [6.07, 6.45) is 75.3. The lowest BCUT2D eigenvalue weighted by molar-refractivity contribution is -0.166. The zero-order valence-electron chi connectivity index (χ0n) is 43.1. The SMILES string of the molecule is CC/C=C\C/C=C\C/C=C\C/C=C\C/C=C\C/C=C\CCC(=O)OC(COC(=O)CCCCCCC)COC(=O)CCCCCCCCCCCCCC/C=C\C/C=C\C/C=C\C/C=C\CC. The Labute approximate surface area is 412 Å². The van der Waals surface area contributed by atoms with Crippen LogP contribution in [0.2, 0.25) is 0 Å². The molecule has 0 aliphatic heterocycles. The molecule has 0 fully saturated rings. The number of ether oxygens (including phenoxy) is 3. The molecule has 6 nitrogen and oxygen atoms in total. The largest absolute Gasteiger partial charge is 0.462 e. The third-order valence-corrected chi connectivity index (χ3v) is 11.0. The Balaban J connectivity index is 4.22. The van der Waals surface area contributed by atoms with E-state index in [0.717, 1.165) is 116 Å². The smallest absolute Gasteiger partial charge is 0.306 e. The second kappa shape index (κ2) is 54.4. The molecule has 6 heteroatoms. The summed E-state index contributed by atoms with van der Waals surface area (Å²) >= 11 is 0. The van der Waals surface area contributed by atoms with Crippen molar-refractivity contribution in [1.82, 2.24) is 0 Å². The van der Waals surface area contributed by atoms with Crippen LogP contribution < -0.4 is 0 Å². The van der Waals surface area contributed by atoms with Crippen LogP contribution in [0.3, 0.4) is 0 Å². The maximum absolute atomic E-state index is 12.7. The number of allylic oxidation sites excluding steroid dienone is 20. The van der Waals surface area contributed by atoms with Crippen LogP contribution in [0, 0.1) is 0 Å². The summed E-state index contributed by atoms with van der Waals surface area (Å²) in [4.78, 5) is 37.7. The van der Waals surface area contributed by atoms with Crippen LogP contribution in [0.25, 0.3) is 0 Å². The summed E-state index contributed by atoms with van der Waals surface area (Å²) < 4.78 is 16.6. The van der Waals surface area contributed by atoms with Gasteiger partial charge in [0.25, 0.3) is 0 Å². The molecule has 0 aromatic carbocycles. The lowest BCUT2D eigenvalue weighted by Gasteiger charge is -2.18. The minimum absolute atomic E-state index is 0.112. The Bertz CT molecular complexity index is 1440. The fourth-order valence-electron chi connectivity index (χ4n) is 6.99. The van der Waals surface area contributed by atoms with Gasteiger partial charge in [-0.15, -0.1) is 0 Å². The molecule has 0 spiro atoms. The highest BCUT2D eigenvalue weighted by Gasteiger charge is 2.19. The van der Waals surface area contributed by atoms with Gasteiger partial charge in [0.05, 0.1) is 0 Å². The van der Waals surface area contributed by atoms with Crippen molar-refractivity contribution >= 4 is 17.9 Å². The summed E-state index contributed by atoms with van der Waals surface area (Å²) in [5.74, 6) is -1.02. The third kappa shape index (κ3) is 52.6. The third-order valence-electron chi connectivity index (χ3n) is 11.0. The van der Waals surface area contributed by atoms with E-state index >= 15 is 0 Å². The number of carbonyl (C=O) groups excluding carboxylic acids is 3. The van der Waals surface area contributed by atoms with E-state index in [9.17, 15) is 14.4 Å². The van der Waals surface area contributed by atoms with Crippen molar-refractivity contribution in [2.24, 2.45) is 0 Å². The van der Waals surface area contributed by atoms with Gasteiger partial charge in [0.2, 0.25) is 0 Å². The highest BCUT2D eigenvalue weighted by molar-refractivity contribution is 5.71. The van der Waals surface area contributed by atoms with E-state index in [0.29, 0.717) is 19.3 Å². The van der Waals surface area contributed by atoms with Crippen molar-refractivity contribution in [3.63, 3.8) is 0 Å². The Morgan fingerprint density at radius 2 is 0.612 bits per heavy atom. The molecule has 1 atom stereocenters. The first kappa shape index (κ1) is 62.8. The predicted molar refractivity (Wildman–Crippen MR) is 288 cm³/mol. The summed E-state index contributed by atoms with van der Waals surface area (Å²) in [6, 6.07) is 0. The van der Waals surface area contributed by atoms with Gasteiger partial charge in [-0.05, 0) is 96.3 Å². The zero-order chi connectivity index (χ0) is 48.6. The lowest BCUT2D eigenvalue weighted by atomic mass is 10.0. The molecule has 0 bridgehead atoms. The van der Waals surface area contributed by atoms with E-state index in [4.69, 9.17) is 14.2 Å². The Morgan fingerprint density at radius 1 is 0.313 bits per heavy atom. The van der Waals surface area contributed by atoms with Crippen LogP contribution in [0.4, 0.5) is 0 Å². The summed E-state index contributed by atoms with van der Waals surface area (Å²) in [5.41, 5.74) is 0. The van der Waals surface area contributed by atoms with Gasteiger partial charge < -0.3 is 14.2 Å². The first-order chi connectivity index (χ1) is 33.0. The molecule has 0 amide bonds. The molecule has 0 aromatic rings. The second-order valence-corrected chi connectivity index (χ2v) is 17.4. The standard InChI is InChI=1S/C61H98O6/c1-4-7-10-13-15-17-19-21-23-25-27-28-29-30-31-32-34-35-37-39-41-43-45-48-51-54-60(63)66-57-58(56-65-59(62)53-50-47-12-9-6-3)67-61(64)55-52-49-46-44-42-40-38-36-33-26-24-22-20-18-16-14-11-8-5-2/h7-8,10-11,15-18,21-24,27-28,33,36,40,42,46,49,58H,4-6,9,12-14,19-20,25-26,29-32,34-35,37-39,41,43-45,47-48,50-57H2,1-3H3/b10-7-,11-8-,17-15-,18-16-,23-21-,24-22-,28-27-,36-33-,42-40-,49-46-. The van der Waals surface area contributed by atoms with E-state index < -0.39 is 12.1 Å². The molecular weight excluding hydrogens is 829 g/mol. The molecular formula is C61H98O6. The number of hydrogen-bond donors (Lipinski definition) is 0. The number of hydrogen-bond acceptors (Lipinski definition) is 6. The Kier molecular flexibility index (Phi) is 51.0. The van der Waals surface area contributed by atoms with E-state index in [1.165, 1.54) is 64.2 Å². The highest BCUT2D eigenvalue weighted by atomic mass is 16.6. The van der Waals surface area contributed by atoms with Crippen molar-refractivity contribution < 1.29 is 28.6 Å². The van der Waals surface area contributed by atoms with E-state index in [1.54, 1.807) is 0 Å². The average molecular weight is 927 g/mol. The van der Waals surface area contributed by atoms with Gasteiger partial charge in [-0.2, -0.15) is 0 Å². The normalized spacial score (nSPS) is 13.1. The van der Waals surface area contributed by atoms with E-state index in [1.807, 2.05) is 12.2 Å². The Hall–Kier alpha value is -4.19. The van der Waals surface area contributed by atoms with Gasteiger partial charge in [-0.1, -0.05) is 232 Å². The predicted octanol–water partition coefficient (Wildman–Crippen LogP) is 18.1. The van der Waals surface area contributed by atoms with Gasteiger partial charge >= 0.3 is 17.9 Å². The molecule has 0 aliphatic rings. The monoisotopic (exact) mass is 927 g/mol. The van der Waals surface area contributed by atoms with Crippen molar-refractivity contribution in [3.05, 3.63) is 122 Å². The fourth-order valence-corrected chi connectivity index (χ4v) is 6.99. The van der Waals surface area contributed by atoms with Crippen molar-refractivity contribution in [1.29, 1.82) is 0 Å². The van der Waals surface area contributed by atoms with Gasteiger partial charge in [-0.25, -0.2) is 0 Å². The summed E-state index contributed by atoms with van der Waals surface area (Å²) in [5, 5.41) is 0. The van der Waals surface area contributed by atoms with Crippen molar-refractivity contribution in [2.45, 2.75) is 232 Å². The number of carbonyl (C=O) groups is 3. The average Bonchev–Trinajstić information content (AvgIpc) is 3.33. The van der Waals surface area contributed by atoms with Gasteiger partial charge in [0.15, 0.2) is 6.10 Å². The summed E-state index contributed by atoms with van der Waals surface area (Å²) in [6.45, 7) is 6.25. The first-order valence-electron chi connectivity index (χ1n) is 27.0. The lowest BCUT2D eigenvalue weighted by Crippen LogP contribution is -2.30. The van der Waals surface area contributed by atoms with Crippen molar-refractivity contribution in [3.8, 4) is 0 Å². The minimum atomic E-state index is -0.818. The molecule has 0 aliphatic carbocycles. The molecule has 0 N–H and O–H groups in total. The van der Waals surface area contributed by atoms with Crippen molar-refractivity contribution in [2.75, 3.05) is 13.2 Å². The molecule has 67 heavy (non-hydrogen) atoms. The van der Waals surface area contributed by atoms with E-state index in [-0.39, 0.29) is 31.6 Å². The molecule has 0 saturated heterocycles. The Morgan fingerprint density at radius 3 is 0.970 bits per heavy atom. The highest BCUT2D eigenvalue weighted by Crippen LogP contribution is 2.14. The minimum Gasteiger partial charge on any atom is -0.462 e. The van der Waals surface area contributed by atoms with Crippen LogP contribution in [0.15, 0.2) is 122 Å². The topological polar surface area (TPSA) is 78.9 Å². The van der Waals surface area contributed by atoms with Crippen LogP contribution in [-0.4, -0.2) is 37.2 Å². The number of rotatable bonds is 47. The maximum Gasteiger partial charge on any atom is 0.306 e. The van der Waals surface area contributed by atoms with Crippen LogP contribution >= 0.6 is 0 Å². The molecule has 0 radical (unpaired) electrons. The fraction of sp³-hybridized carbons (Fsp3) is 0.623. The number of esters is 3. The molecule has 0 saturated carbocycles. The van der Waals surface area contributed by atoms with Crippen LogP contribution in [0.5, 0.6) is 0 Å². The second-order valence-electron chi connectivity index (χ2n) is 17.4. The number of unbranched alkanes of at least 4 members (excludes halogenated alkanes) is 16. The van der Waals surface area contributed by atoms with Crippen LogP contribution in [0.1, 0.15) is 226 Å². The van der Waals surface area contributed by atoms with Crippen LogP contribution in [-0.2, 0) is 28.6 Å². The van der Waals surface area contributed by atoms with E-state index in [2.05, 4.69) is 130 Å². The molecule has 0 heterocycles. The van der Waals surface area contributed by atoms with Gasteiger partial charge in [0.1, 0.15) is 13.2 Å². The quantitative estimate of drug-likeness (QED) is 0.0262. The maximum atomic E-state index is 12.7. The molecule has 378 valence electrons.